The second-order valence-corrected chi connectivity index (χ2v) is 4.59. The number of Topliss-reactive ketones (excluding diaryl/α,β-unsaturated/α-hetero) is 1. The average molecular weight is 183 g/mol. The van der Waals surface area contributed by atoms with Crippen LogP contribution in [0.15, 0.2) is 0 Å². The second-order valence-electron chi connectivity index (χ2n) is 4.59. The van der Waals surface area contributed by atoms with E-state index in [4.69, 9.17) is 5.73 Å². The molecule has 3 atom stereocenters. The van der Waals surface area contributed by atoms with E-state index in [0.717, 1.165) is 25.7 Å². The molecule has 3 unspecified atom stereocenters. The van der Waals surface area contributed by atoms with Crippen LogP contribution in [0, 0.1) is 11.3 Å². The van der Waals surface area contributed by atoms with Gasteiger partial charge in [-0.1, -0.05) is 27.2 Å². The molecule has 0 spiro atoms. The summed E-state index contributed by atoms with van der Waals surface area (Å²) in [5, 5.41) is 0. The zero-order valence-corrected chi connectivity index (χ0v) is 8.97. The van der Waals surface area contributed by atoms with Crippen molar-refractivity contribution in [1.29, 1.82) is 0 Å². The maximum Gasteiger partial charge on any atom is 0.143 e. The van der Waals surface area contributed by atoms with E-state index in [1.54, 1.807) is 0 Å². The van der Waals surface area contributed by atoms with Crippen molar-refractivity contribution in [2.45, 2.75) is 52.5 Å². The van der Waals surface area contributed by atoms with E-state index in [-0.39, 0.29) is 17.4 Å². The highest BCUT2D eigenvalue weighted by atomic mass is 16.1. The predicted octanol–water partition coefficient (Wildman–Crippen LogP) is 2.12. The smallest absolute Gasteiger partial charge is 0.143 e. The molecule has 0 aliphatic heterocycles. The van der Waals surface area contributed by atoms with Gasteiger partial charge in [0.1, 0.15) is 5.78 Å². The number of nitrogens with two attached hydrogens (primary N) is 1. The molecule has 1 aliphatic rings. The van der Waals surface area contributed by atoms with Gasteiger partial charge in [-0.25, -0.2) is 0 Å². The first-order valence-electron chi connectivity index (χ1n) is 5.32. The third-order valence-corrected chi connectivity index (χ3v) is 3.65. The lowest BCUT2D eigenvalue weighted by molar-refractivity contribution is -0.132. The number of carbonyl (C=O) groups is 1. The Morgan fingerprint density at radius 2 is 2.31 bits per heavy atom. The van der Waals surface area contributed by atoms with E-state index in [0.29, 0.717) is 5.78 Å². The minimum absolute atomic E-state index is 0.0917. The van der Waals surface area contributed by atoms with Crippen LogP contribution in [0.4, 0.5) is 0 Å². The largest absolute Gasteiger partial charge is 0.327 e. The summed E-state index contributed by atoms with van der Waals surface area (Å²) >= 11 is 0. The molecule has 0 aromatic rings. The van der Waals surface area contributed by atoms with E-state index in [9.17, 15) is 4.79 Å². The van der Waals surface area contributed by atoms with Crippen LogP contribution < -0.4 is 5.73 Å². The quantitative estimate of drug-likeness (QED) is 0.728. The number of hydrogen-bond donors (Lipinski definition) is 1. The maximum atomic E-state index is 12.0. The molecule has 0 aromatic carbocycles. The van der Waals surface area contributed by atoms with Crippen LogP contribution in [0.5, 0.6) is 0 Å². The number of carbonyl (C=O) groups excluding carboxylic acids is 1. The van der Waals surface area contributed by atoms with Crippen LogP contribution in [-0.4, -0.2) is 11.8 Å². The average Bonchev–Trinajstić information content (AvgIpc) is 2.46. The SMILES string of the molecule is CCC(C)C(=O)C1(C)CCCC1N. The van der Waals surface area contributed by atoms with Crippen LogP contribution in [0.2, 0.25) is 0 Å². The topological polar surface area (TPSA) is 43.1 Å². The highest BCUT2D eigenvalue weighted by molar-refractivity contribution is 5.87. The van der Waals surface area contributed by atoms with E-state index >= 15 is 0 Å². The van der Waals surface area contributed by atoms with Gasteiger partial charge in [0.25, 0.3) is 0 Å². The molecule has 13 heavy (non-hydrogen) atoms. The summed E-state index contributed by atoms with van der Waals surface area (Å²) in [6, 6.07) is 0.0917. The summed E-state index contributed by atoms with van der Waals surface area (Å²) in [4.78, 5) is 12.0. The number of ketones is 1. The Morgan fingerprint density at radius 3 is 2.69 bits per heavy atom. The fraction of sp³-hybridized carbons (Fsp3) is 0.909. The summed E-state index contributed by atoms with van der Waals surface area (Å²) in [6.45, 7) is 6.12. The van der Waals surface area contributed by atoms with E-state index in [1.165, 1.54) is 0 Å². The summed E-state index contributed by atoms with van der Waals surface area (Å²) in [5.74, 6) is 0.550. The fourth-order valence-electron chi connectivity index (χ4n) is 2.25. The Bertz CT molecular complexity index is 202. The van der Waals surface area contributed by atoms with E-state index < -0.39 is 0 Å². The van der Waals surface area contributed by atoms with Crippen molar-refractivity contribution in [3.63, 3.8) is 0 Å². The van der Waals surface area contributed by atoms with E-state index in [2.05, 4.69) is 6.92 Å². The Balaban J connectivity index is 2.74. The second kappa shape index (κ2) is 3.79. The molecule has 2 N–H and O–H groups in total. The van der Waals surface area contributed by atoms with Crippen molar-refractivity contribution in [2.75, 3.05) is 0 Å². The Hall–Kier alpha value is -0.370. The lowest BCUT2D eigenvalue weighted by Gasteiger charge is -2.29. The van der Waals surface area contributed by atoms with Crippen molar-refractivity contribution < 1.29 is 4.79 Å². The number of rotatable bonds is 3. The van der Waals surface area contributed by atoms with Crippen molar-refractivity contribution >= 4 is 5.78 Å². The van der Waals surface area contributed by atoms with Gasteiger partial charge in [0.15, 0.2) is 0 Å². The molecule has 2 nitrogen and oxygen atoms in total. The molecule has 0 saturated heterocycles. The minimum atomic E-state index is -0.227. The molecule has 0 amide bonds. The van der Waals surface area contributed by atoms with Crippen LogP contribution in [0.25, 0.3) is 0 Å². The summed E-state index contributed by atoms with van der Waals surface area (Å²) in [7, 11) is 0. The third-order valence-electron chi connectivity index (χ3n) is 3.65. The van der Waals surface area contributed by atoms with Crippen molar-refractivity contribution in [2.24, 2.45) is 17.1 Å². The van der Waals surface area contributed by atoms with Gasteiger partial charge in [-0.3, -0.25) is 4.79 Å². The molecule has 1 rings (SSSR count). The third kappa shape index (κ3) is 1.78. The molecule has 1 saturated carbocycles. The van der Waals surface area contributed by atoms with Gasteiger partial charge in [0.2, 0.25) is 0 Å². The zero-order chi connectivity index (χ0) is 10.1. The molecule has 1 aliphatic carbocycles. The monoisotopic (exact) mass is 183 g/mol. The standard InChI is InChI=1S/C11H21NO/c1-4-8(2)10(13)11(3)7-5-6-9(11)12/h8-9H,4-7,12H2,1-3H3. The Labute approximate surface area is 80.9 Å². The Kier molecular flexibility index (Phi) is 3.12. The normalized spacial score (nSPS) is 36.2. The molecular formula is C11H21NO. The van der Waals surface area contributed by atoms with Gasteiger partial charge in [0.05, 0.1) is 0 Å². The fourth-order valence-corrected chi connectivity index (χ4v) is 2.25. The van der Waals surface area contributed by atoms with Crippen molar-refractivity contribution in [3.05, 3.63) is 0 Å². The molecule has 0 radical (unpaired) electrons. The van der Waals surface area contributed by atoms with Crippen molar-refractivity contribution in [3.8, 4) is 0 Å². The summed E-state index contributed by atoms with van der Waals surface area (Å²) < 4.78 is 0. The highest BCUT2D eigenvalue weighted by Gasteiger charge is 2.43. The first kappa shape index (κ1) is 10.7. The lowest BCUT2D eigenvalue weighted by atomic mass is 9.75. The van der Waals surface area contributed by atoms with E-state index in [1.807, 2.05) is 13.8 Å². The van der Waals surface area contributed by atoms with Crippen LogP contribution in [0.1, 0.15) is 46.5 Å². The van der Waals surface area contributed by atoms with Gasteiger partial charge in [-0.2, -0.15) is 0 Å². The van der Waals surface area contributed by atoms with Gasteiger partial charge in [-0.05, 0) is 19.3 Å². The first-order valence-corrected chi connectivity index (χ1v) is 5.32. The molecule has 0 aromatic heterocycles. The minimum Gasteiger partial charge on any atom is -0.327 e. The summed E-state index contributed by atoms with van der Waals surface area (Å²) in [5.41, 5.74) is 5.76. The van der Waals surface area contributed by atoms with Gasteiger partial charge in [0, 0.05) is 17.4 Å². The number of hydrogen-bond acceptors (Lipinski definition) is 2. The molecular weight excluding hydrogens is 162 g/mol. The predicted molar refractivity (Wildman–Crippen MR) is 54.4 cm³/mol. The van der Waals surface area contributed by atoms with Crippen molar-refractivity contribution in [1.82, 2.24) is 0 Å². The van der Waals surface area contributed by atoms with Gasteiger partial charge < -0.3 is 5.73 Å². The maximum absolute atomic E-state index is 12.0. The molecule has 1 fully saturated rings. The van der Waals surface area contributed by atoms with Gasteiger partial charge in [-0.15, -0.1) is 0 Å². The van der Waals surface area contributed by atoms with Crippen LogP contribution in [0.3, 0.4) is 0 Å². The zero-order valence-electron chi connectivity index (χ0n) is 8.97. The molecule has 0 heterocycles. The Morgan fingerprint density at radius 1 is 1.69 bits per heavy atom. The van der Waals surface area contributed by atoms with Crippen LogP contribution >= 0.6 is 0 Å². The van der Waals surface area contributed by atoms with Gasteiger partial charge >= 0.3 is 0 Å². The van der Waals surface area contributed by atoms with Crippen LogP contribution in [-0.2, 0) is 4.79 Å². The molecule has 76 valence electrons. The molecule has 0 bridgehead atoms. The molecule has 2 heteroatoms. The lowest BCUT2D eigenvalue weighted by Crippen LogP contribution is -2.43. The summed E-state index contributed by atoms with van der Waals surface area (Å²) in [6.07, 6.45) is 4.04. The highest BCUT2D eigenvalue weighted by Crippen LogP contribution is 2.39. The first-order chi connectivity index (χ1) is 6.02.